The van der Waals surface area contributed by atoms with Crippen LogP contribution in [0.25, 0.3) is 0 Å². The highest BCUT2D eigenvalue weighted by molar-refractivity contribution is 6.31. The van der Waals surface area contributed by atoms with Crippen LogP contribution in [0.15, 0.2) is 53.6 Å². The van der Waals surface area contributed by atoms with Crippen molar-refractivity contribution in [3.05, 3.63) is 64.7 Å². The van der Waals surface area contributed by atoms with Crippen molar-refractivity contribution in [2.75, 3.05) is 6.54 Å². The monoisotopic (exact) mass is 443 g/mol. The first-order valence-corrected chi connectivity index (χ1v) is 11.0. The lowest BCUT2D eigenvalue weighted by molar-refractivity contribution is -0.123. The van der Waals surface area contributed by atoms with Gasteiger partial charge in [-0.05, 0) is 37.5 Å². The van der Waals surface area contributed by atoms with Gasteiger partial charge in [-0.1, -0.05) is 55.3 Å². The molecule has 7 heteroatoms. The van der Waals surface area contributed by atoms with Crippen LogP contribution >= 0.6 is 11.6 Å². The topological polar surface area (TPSA) is 79.8 Å². The first kappa shape index (κ1) is 24.4. The maximum absolute atomic E-state index is 12.0. The van der Waals surface area contributed by atoms with E-state index < -0.39 is 0 Å². The summed E-state index contributed by atoms with van der Waals surface area (Å²) in [4.78, 5) is 23.6. The van der Waals surface area contributed by atoms with Gasteiger partial charge >= 0.3 is 0 Å². The molecule has 0 saturated heterocycles. The SMILES string of the molecule is CCCCNC(=O)CCCCC(=O)N/N=C\c1ccccc1OCc1ccccc1Cl. The van der Waals surface area contributed by atoms with E-state index in [1.165, 1.54) is 0 Å². The minimum atomic E-state index is -0.183. The number of halogens is 1. The first-order chi connectivity index (χ1) is 15.1. The molecule has 0 aliphatic carbocycles. The van der Waals surface area contributed by atoms with Crippen LogP contribution in [-0.2, 0) is 16.2 Å². The van der Waals surface area contributed by atoms with E-state index in [-0.39, 0.29) is 11.8 Å². The predicted molar refractivity (Wildman–Crippen MR) is 124 cm³/mol. The number of ether oxygens (including phenoxy) is 1. The summed E-state index contributed by atoms with van der Waals surface area (Å²) in [7, 11) is 0. The zero-order valence-corrected chi connectivity index (χ0v) is 18.7. The van der Waals surface area contributed by atoms with Gasteiger partial charge < -0.3 is 10.1 Å². The normalized spacial score (nSPS) is 10.8. The number of nitrogens with zero attached hydrogens (tertiary/aromatic N) is 1. The number of hydrogen-bond acceptors (Lipinski definition) is 4. The molecule has 0 bridgehead atoms. The number of carbonyl (C=O) groups excluding carboxylic acids is 2. The van der Waals surface area contributed by atoms with E-state index in [9.17, 15) is 9.59 Å². The minimum Gasteiger partial charge on any atom is -0.488 e. The summed E-state index contributed by atoms with van der Waals surface area (Å²) < 4.78 is 5.87. The quantitative estimate of drug-likeness (QED) is 0.264. The number of benzene rings is 2. The lowest BCUT2D eigenvalue weighted by Gasteiger charge is -2.10. The number of rotatable bonds is 13. The molecule has 31 heavy (non-hydrogen) atoms. The molecule has 0 radical (unpaired) electrons. The molecule has 2 aromatic rings. The zero-order chi connectivity index (χ0) is 22.3. The highest BCUT2D eigenvalue weighted by Crippen LogP contribution is 2.20. The Labute approximate surface area is 189 Å². The van der Waals surface area contributed by atoms with Gasteiger partial charge in [0.15, 0.2) is 0 Å². The molecule has 0 fully saturated rings. The third-order valence-electron chi connectivity index (χ3n) is 4.56. The fourth-order valence-corrected chi connectivity index (χ4v) is 2.97. The van der Waals surface area contributed by atoms with Crippen LogP contribution in [0.5, 0.6) is 5.75 Å². The molecule has 166 valence electrons. The molecule has 0 unspecified atom stereocenters. The van der Waals surface area contributed by atoms with Crippen molar-refractivity contribution in [3.63, 3.8) is 0 Å². The lowest BCUT2D eigenvalue weighted by Crippen LogP contribution is -2.24. The third kappa shape index (κ3) is 9.66. The number of carbonyl (C=O) groups is 2. The Hall–Kier alpha value is -2.86. The van der Waals surface area contributed by atoms with Crippen LogP contribution in [0, 0.1) is 0 Å². The second-order valence-electron chi connectivity index (χ2n) is 7.12. The Morgan fingerprint density at radius 1 is 1.00 bits per heavy atom. The molecular formula is C24H30ClN3O3. The maximum Gasteiger partial charge on any atom is 0.240 e. The Bertz CT molecular complexity index is 871. The summed E-state index contributed by atoms with van der Waals surface area (Å²) in [5, 5.41) is 7.55. The highest BCUT2D eigenvalue weighted by Gasteiger charge is 2.05. The molecule has 2 amide bonds. The summed E-state index contributed by atoms with van der Waals surface area (Å²) >= 11 is 6.17. The summed E-state index contributed by atoms with van der Waals surface area (Å²) in [5.74, 6) is 0.506. The van der Waals surface area contributed by atoms with Gasteiger partial charge in [-0.15, -0.1) is 0 Å². The molecule has 0 saturated carbocycles. The van der Waals surface area contributed by atoms with E-state index in [0.29, 0.717) is 49.6 Å². The van der Waals surface area contributed by atoms with Gasteiger partial charge in [0.2, 0.25) is 11.8 Å². The molecule has 0 aliphatic rings. The van der Waals surface area contributed by atoms with Gasteiger partial charge in [0.05, 0.1) is 6.21 Å². The average molecular weight is 444 g/mol. The molecule has 0 aromatic heterocycles. The zero-order valence-electron chi connectivity index (χ0n) is 17.9. The number of hydrazone groups is 1. The van der Waals surface area contributed by atoms with Crippen molar-refractivity contribution < 1.29 is 14.3 Å². The van der Waals surface area contributed by atoms with Gasteiger partial charge in [0.1, 0.15) is 12.4 Å². The van der Waals surface area contributed by atoms with Gasteiger partial charge in [-0.2, -0.15) is 5.10 Å². The molecule has 2 N–H and O–H groups in total. The van der Waals surface area contributed by atoms with E-state index >= 15 is 0 Å². The molecule has 2 rings (SSSR count). The van der Waals surface area contributed by atoms with Crippen LogP contribution in [0.2, 0.25) is 5.02 Å². The number of hydrogen-bond donors (Lipinski definition) is 2. The predicted octanol–water partition coefficient (Wildman–Crippen LogP) is 4.85. The summed E-state index contributed by atoms with van der Waals surface area (Å²) in [6.45, 7) is 3.14. The summed E-state index contributed by atoms with van der Waals surface area (Å²) in [6.07, 6.45) is 5.68. The van der Waals surface area contributed by atoms with E-state index in [1.54, 1.807) is 6.21 Å². The molecule has 2 aromatic carbocycles. The van der Waals surface area contributed by atoms with Gasteiger partial charge in [0.25, 0.3) is 0 Å². The Kier molecular flexibility index (Phi) is 11.2. The summed E-state index contributed by atoms with van der Waals surface area (Å²) in [5.41, 5.74) is 4.17. The average Bonchev–Trinajstić information content (AvgIpc) is 2.77. The molecule has 0 aliphatic heterocycles. The third-order valence-corrected chi connectivity index (χ3v) is 4.93. The number of nitrogens with one attached hydrogen (secondary N) is 2. The van der Waals surface area contributed by atoms with Crippen LogP contribution in [0.3, 0.4) is 0 Å². The lowest BCUT2D eigenvalue weighted by atomic mass is 10.2. The van der Waals surface area contributed by atoms with Crippen molar-refractivity contribution in [1.82, 2.24) is 10.7 Å². The van der Waals surface area contributed by atoms with Crippen molar-refractivity contribution in [1.29, 1.82) is 0 Å². The fourth-order valence-electron chi connectivity index (χ4n) is 2.78. The van der Waals surface area contributed by atoms with Crippen molar-refractivity contribution >= 4 is 29.6 Å². The number of unbranched alkanes of at least 4 members (excludes halogenated alkanes) is 2. The molecular weight excluding hydrogens is 414 g/mol. The Balaban J connectivity index is 1.73. The first-order valence-electron chi connectivity index (χ1n) is 10.6. The largest absolute Gasteiger partial charge is 0.488 e. The second-order valence-corrected chi connectivity index (χ2v) is 7.53. The minimum absolute atomic E-state index is 0.0419. The standard InChI is InChI=1S/C24H30ClN3O3/c1-2-3-16-26-23(29)14-8-9-15-24(30)28-27-17-19-10-5-7-13-22(19)31-18-20-11-4-6-12-21(20)25/h4-7,10-13,17H,2-3,8-9,14-16,18H2,1H3,(H,26,29)(H,28,30)/b27-17-. The highest BCUT2D eigenvalue weighted by atomic mass is 35.5. The van der Waals surface area contributed by atoms with Crippen molar-refractivity contribution in [2.45, 2.75) is 52.1 Å². The van der Waals surface area contributed by atoms with Crippen molar-refractivity contribution in [3.8, 4) is 5.75 Å². The smallest absolute Gasteiger partial charge is 0.240 e. The van der Waals surface area contributed by atoms with Crippen LogP contribution in [0.4, 0.5) is 0 Å². The molecule has 6 nitrogen and oxygen atoms in total. The van der Waals surface area contributed by atoms with E-state index in [1.807, 2.05) is 48.5 Å². The fraction of sp³-hybridized carbons (Fsp3) is 0.375. The van der Waals surface area contributed by atoms with Crippen LogP contribution in [-0.4, -0.2) is 24.6 Å². The van der Waals surface area contributed by atoms with E-state index in [4.69, 9.17) is 16.3 Å². The maximum atomic E-state index is 12.0. The second kappa shape index (κ2) is 14.2. The van der Waals surface area contributed by atoms with Gasteiger partial charge in [-0.3, -0.25) is 9.59 Å². The molecule has 0 heterocycles. The van der Waals surface area contributed by atoms with Crippen LogP contribution < -0.4 is 15.5 Å². The number of amides is 2. The van der Waals surface area contributed by atoms with Gasteiger partial charge in [-0.25, -0.2) is 5.43 Å². The number of para-hydroxylation sites is 1. The Morgan fingerprint density at radius 3 is 2.48 bits per heavy atom. The van der Waals surface area contributed by atoms with E-state index in [0.717, 1.165) is 24.0 Å². The van der Waals surface area contributed by atoms with Crippen LogP contribution in [0.1, 0.15) is 56.6 Å². The summed E-state index contributed by atoms with van der Waals surface area (Å²) in [6, 6.07) is 15.0. The molecule has 0 atom stereocenters. The Morgan fingerprint density at radius 2 is 1.71 bits per heavy atom. The molecule has 0 spiro atoms. The van der Waals surface area contributed by atoms with Crippen molar-refractivity contribution in [2.24, 2.45) is 5.10 Å². The van der Waals surface area contributed by atoms with E-state index in [2.05, 4.69) is 22.8 Å². The van der Waals surface area contributed by atoms with Gasteiger partial charge in [0, 0.05) is 35.5 Å².